The van der Waals surface area contributed by atoms with E-state index in [0.29, 0.717) is 5.89 Å². The Morgan fingerprint density at radius 2 is 1.47 bits per heavy atom. The Morgan fingerprint density at radius 3 is 2.18 bits per heavy atom. The molecule has 0 aliphatic carbocycles. The molecule has 0 fully saturated rings. The molecule has 2 aromatic carbocycles. The Balaban J connectivity index is 2.18. The van der Waals surface area contributed by atoms with Gasteiger partial charge in [-0.1, -0.05) is 48.5 Å². The minimum absolute atomic E-state index is 0.546. The Bertz CT molecular complexity index is 603. The fraction of sp³-hybridized carbons (Fsp3) is 0. The zero-order valence-corrected chi connectivity index (χ0v) is 9.08. The van der Waals surface area contributed by atoms with Crippen molar-refractivity contribution >= 4 is 0 Å². The SMILES string of the molecule is c1ccc(-c2ccccc2-c2nnco2)cc1. The van der Waals surface area contributed by atoms with Crippen LogP contribution in [0.15, 0.2) is 65.4 Å². The van der Waals surface area contributed by atoms with Gasteiger partial charge in [0.25, 0.3) is 0 Å². The number of hydrogen-bond acceptors (Lipinski definition) is 3. The molecule has 3 rings (SSSR count). The standard InChI is InChI=1S/C14H10N2O/c1-2-6-11(7-3-1)12-8-4-5-9-13(12)14-16-15-10-17-14/h1-10H. The first-order valence-electron chi connectivity index (χ1n) is 5.36. The van der Waals surface area contributed by atoms with Gasteiger partial charge in [0.05, 0.1) is 0 Å². The molecule has 3 heteroatoms. The molecule has 0 atom stereocenters. The zero-order chi connectivity index (χ0) is 11.5. The summed E-state index contributed by atoms with van der Waals surface area (Å²) in [4.78, 5) is 0. The molecule has 82 valence electrons. The Morgan fingerprint density at radius 1 is 0.765 bits per heavy atom. The summed E-state index contributed by atoms with van der Waals surface area (Å²) in [7, 11) is 0. The molecule has 1 aromatic heterocycles. The van der Waals surface area contributed by atoms with Crippen LogP contribution in [-0.2, 0) is 0 Å². The van der Waals surface area contributed by atoms with E-state index in [2.05, 4.69) is 28.4 Å². The predicted molar refractivity (Wildman–Crippen MR) is 65.2 cm³/mol. The van der Waals surface area contributed by atoms with Crippen LogP contribution in [0.1, 0.15) is 0 Å². The van der Waals surface area contributed by atoms with E-state index in [4.69, 9.17) is 4.42 Å². The van der Waals surface area contributed by atoms with Crippen molar-refractivity contribution in [3.05, 3.63) is 61.0 Å². The van der Waals surface area contributed by atoms with E-state index in [0.717, 1.165) is 16.7 Å². The molecule has 0 aliphatic rings. The van der Waals surface area contributed by atoms with E-state index >= 15 is 0 Å². The summed E-state index contributed by atoms with van der Waals surface area (Å²) in [5.41, 5.74) is 3.19. The van der Waals surface area contributed by atoms with Gasteiger partial charge in [0.1, 0.15) is 0 Å². The molecule has 0 saturated heterocycles. The van der Waals surface area contributed by atoms with Crippen molar-refractivity contribution < 1.29 is 4.42 Å². The highest BCUT2D eigenvalue weighted by molar-refractivity contribution is 5.79. The predicted octanol–water partition coefficient (Wildman–Crippen LogP) is 3.40. The molecule has 0 saturated carbocycles. The van der Waals surface area contributed by atoms with Crippen molar-refractivity contribution in [3.8, 4) is 22.6 Å². The summed E-state index contributed by atoms with van der Waals surface area (Å²) >= 11 is 0. The molecule has 0 bridgehead atoms. The van der Waals surface area contributed by atoms with Crippen LogP contribution in [0, 0.1) is 0 Å². The topological polar surface area (TPSA) is 38.9 Å². The molecule has 17 heavy (non-hydrogen) atoms. The lowest BCUT2D eigenvalue weighted by Gasteiger charge is -2.05. The molecule has 0 radical (unpaired) electrons. The lowest BCUT2D eigenvalue weighted by atomic mass is 10.00. The molecule has 0 N–H and O–H groups in total. The molecule has 1 heterocycles. The molecule has 0 amide bonds. The van der Waals surface area contributed by atoms with Crippen molar-refractivity contribution in [1.82, 2.24) is 10.2 Å². The van der Waals surface area contributed by atoms with Gasteiger partial charge in [-0.25, -0.2) is 0 Å². The van der Waals surface area contributed by atoms with E-state index < -0.39 is 0 Å². The second kappa shape index (κ2) is 4.22. The van der Waals surface area contributed by atoms with Crippen LogP contribution in [0.4, 0.5) is 0 Å². The van der Waals surface area contributed by atoms with Gasteiger partial charge in [0, 0.05) is 5.56 Å². The fourth-order valence-corrected chi connectivity index (χ4v) is 1.83. The van der Waals surface area contributed by atoms with Crippen molar-refractivity contribution in [2.75, 3.05) is 0 Å². The van der Waals surface area contributed by atoms with Crippen LogP contribution in [0.3, 0.4) is 0 Å². The monoisotopic (exact) mass is 222 g/mol. The summed E-state index contributed by atoms with van der Waals surface area (Å²) in [6.45, 7) is 0. The third-order valence-electron chi connectivity index (χ3n) is 2.60. The summed E-state index contributed by atoms with van der Waals surface area (Å²) in [6.07, 6.45) is 1.34. The van der Waals surface area contributed by atoms with Crippen LogP contribution in [0.2, 0.25) is 0 Å². The van der Waals surface area contributed by atoms with Gasteiger partial charge in [-0.3, -0.25) is 0 Å². The van der Waals surface area contributed by atoms with Crippen molar-refractivity contribution in [1.29, 1.82) is 0 Å². The summed E-state index contributed by atoms with van der Waals surface area (Å²) < 4.78 is 5.26. The van der Waals surface area contributed by atoms with Gasteiger partial charge in [0.15, 0.2) is 0 Å². The Labute approximate surface area is 98.7 Å². The van der Waals surface area contributed by atoms with E-state index in [9.17, 15) is 0 Å². The Hall–Kier alpha value is -2.42. The molecule has 3 aromatic rings. The van der Waals surface area contributed by atoms with Gasteiger partial charge in [0.2, 0.25) is 12.3 Å². The normalized spacial score (nSPS) is 10.4. The molecular weight excluding hydrogens is 212 g/mol. The second-order valence-corrected chi connectivity index (χ2v) is 3.66. The largest absolute Gasteiger partial charge is 0.423 e. The number of rotatable bonds is 2. The highest BCUT2D eigenvalue weighted by atomic mass is 16.4. The minimum atomic E-state index is 0.546. The first-order valence-corrected chi connectivity index (χ1v) is 5.36. The van der Waals surface area contributed by atoms with Gasteiger partial charge >= 0.3 is 0 Å². The van der Waals surface area contributed by atoms with Gasteiger partial charge in [-0.2, -0.15) is 0 Å². The first kappa shape index (κ1) is 9.78. The van der Waals surface area contributed by atoms with E-state index in [-0.39, 0.29) is 0 Å². The number of benzene rings is 2. The second-order valence-electron chi connectivity index (χ2n) is 3.66. The molecule has 0 aliphatic heterocycles. The van der Waals surface area contributed by atoms with Gasteiger partial charge in [-0.05, 0) is 17.2 Å². The van der Waals surface area contributed by atoms with Gasteiger partial charge < -0.3 is 4.42 Å². The molecule has 0 spiro atoms. The van der Waals surface area contributed by atoms with Crippen molar-refractivity contribution in [2.45, 2.75) is 0 Å². The van der Waals surface area contributed by atoms with E-state index in [1.807, 2.05) is 36.4 Å². The van der Waals surface area contributed by atoms with Crippen molar-refractivity contribution in [3.63, 3.8) is 0 Å². The lowest BCUT2D eigenvalue weighted by molar-refractivity contribution is 0.569. The highest BCUT2D eigenvalue weighted by Gasteiger charge is 2.10. The number of hydrogen-bond donors (Lipinski definition) is 0. The molecule has 0 unspecified atom stereocenters. The maximum atomic E-state index is 5.26. The van der Waals surface area contributed by atoms with Crippen LogP contribution >= 0.6 is 0 Å². The summed E-state index contributed by atoms with van der Waals surface area (Å²) in [5, 5.41) is 7.67. The number of aromatic nitrogens is 2. The average Bonchev–Trinajstić information content (AvgIpc) is 2.94. The maximum absolute atomic E-state index is 5.26. The molecule has 3 nitrogen and oxygen atoms in total. The summed E-state index contributed by atoms with van der Waals surface area (Å²) in [6, 6.07) is 18.2. The minimum Gasteiger partial charge on any atom is -0.423 e. The Kier molecular flexibility index (Phi) is 2.43. The quantitative estimate of drug-likeness (QED) is 0.667. The van der Waals surface area contributed by atoms with Crippen LogP contribution < -0.4 is 0 Å². The zero-order valence-electron chi connectivity index (χ0n) is 9.08. The van der Waals surface area contributed by atoms with Gasteiger partial charge in [-0.15, -0.1) is 10.2 Å². The highest BCUT2D eigenvalue weighted by Crippen LogP contribution is 2.30. The third-order valence-corrected chi connectivity index (χ3v) is 2.60. The smallest absolute Gasteiger partial charge is 0.248 e. The lowest BCUT2D eigenvalue weighted by Crippen LogP contribution is -1.84. The molecular formula is C14H10N2O. The maximum Gasteiger partial charge on any atom is 0.248 e. The number of nitrogens with zero attached hydrogens (tertiary/aromatic N) is 2. The fourth-order valence-electron chi connectivity index (χ4n) is 1.83. The van der Waals surface area contributed by atoms with Crippen molar-refractivity contribution in [2.24, 2.45) is 0 Å². The van der Waals surface area contributed by atoms with E-state index in [1.54, 1.807) is 0 Å². The first-order chi connectivity index (χ1) is 8.45. The summed E-state index contributed by atoms with van der Waals surface area (Å²) in [5.74, 6) is 0.546. The van der Waals surface area contributed by atoms with Crippen LogP contribution in [0.25, 0.3) is 22.6 Å². The van der Waals surface area contributed by atoms with E-state index in [1.165, 1.54) is 6.39 Å². The average molecular weight is 222 g/mol. The van der Waals surface area contributed by atoms with Crippen LogP contribution in [-0.4, -0.2) is 10.2 Å². The third kappa shape index (κ3) is 1.83. The van der Waals surface area contributed by atoms with Crippen LogP contribution in [0.5, 0.6) is 0 Å².